The molecule has 262 valence electrons. The largest absolute Gasteiger partial charge is 0.310 e. The highest BCUT2D eigenvalue weighted by molar-refractivity contribution is 6.23. The molecule has 0 unspecified atom stereocenters. The second-order valence-electron chi connectivity index (χ2n) is 14.5. The van der Waals surface area contributed by atoms with E-state index >= 15 is 0 Å². The van der Waals surface area contributed by atoms with Crippen LogP contribution in [0.3, 0.4) is 0 Å². The van der Waals surface area contributed by atoms with Gasteiger partial charge in [-0.1, -0.05) is 152 Å². The maximum atomic E-state index is 2.39. The van der Waals surface area contributed by atoms with E-state index in [-0.39, 0.29) is 0 Å². The van der Waals surface area contributed by atoms with Gasteiger partial charge in [0.2, 0.25) is 0 Å². The lowest BCUT2D eigenvalue weighted by atomic mass is 9.90. The van der Waals surface area contributed by atoms with E-state index in [0.717, 1.165) is 22.7 Å². The van der Waals surface area contributed by atoms with Gasteiger partial charge in [0.05, 0.1) is 11.0 Å². The van der Waals surface area contributed by atoms with Crippen molar-refractivity contribution in [2.45, 2.75) is 0 Å². The number of fused-ring (bicyclic) bond motifs is 8. The maximum Gasteiger partial charge on any atom is 0.0542 e. The standard InChI is InChI=1S/C54H36N2/c1-3-13-37(14-4-1)38-23-28-43(29-24-38)55(45-32-34-53-51(36-45)48-21-11-12-22-52(48)56(53)42-17-5-2-6-18-42)44-30-25-40(26-31-44)50-35-41-16-8-9-19-46(41)49-33-27-39-15-7-10-20-47(39)54(49)50/h1-36H. The van der Waals surface area contributed by atoms with E-state index in [1.54, 1.807) is 0 Å². The van der Waals surface area contributed by atoms with Gasteiger partial charge in [0, 0.05) is 33.5 Å². The third-order valence-electron chi connectivity index (χ3n) is 11.3. The summed E-state index contributed by atoms with van der Waals surface area (Å²) in [5.41, 5.74) is 11.7. The van der Waals surface area contributed by atoms with E-state index in [4.69, 9.17) is 0 Å². The third kappa shape index (κ3) is 5.26. The van der Waals surface area contributed by atoms with Crippen LogP contribution in [-0.2, 0) is 0 Å². The Kier molecular flexibility index (Phi) is 7.53. The summed E-state index contributed by atoms with van der Waals surface area (Å²) in [7, 11) is 0. The van der Waals surface area contributed by atoms with E-state index < -0.39 is 0 Å². The fraction of sp³-hybridized carbons (Fsp3) is 0. The molecule has 0 aliphatic rings. The van der Waals surface area contributed by atoms with Crippen LogP contribution >= 0.6 is 0 Å². The second kappa shape index (κ2) is 13.2. The van der Waals surface area contributed by atoms with Gasteiger partial charge in [0.1, 0.15) is 0 Å². The van der Waals surface area contributed by atoms with Gasteiger partial charge < -0.3 is 9.47 Å². The maximum absolute atomic E-state index is 2.39. The number of nitrogens with zero attached hydrogens (tertiary/aromatic N) is 2. The van der Waals surface area contributed by atoms with E-state index in [2.05, 4.69) is 228 Å². The van der Waals surface area contributed by atoms with Crippen LogP contribution in [0.15, 0.2) is 218 Å². The fourth-order valence-electron chi connectivity index (χ4n) is 8.74. The number of hydrogen-bond acceptors (Lipinski definition) is 1. The van der Waals surface area contributed by atoms with Crippen molar-refractivity contribution in [1.82, 2.24) is 4.57 Å². The van der Waals surface area contributed by atoms with Crippen molar-refractivity contribution >= 4 is 71.2 Å². The van der Waals surface area contributed by atoms with Crippen LogP contribution in [0.1, 0.15) is 0 Å². The van der Waals surface area contributed by atoms with Crippen LogP contribution in [0.2, 0.25) is 0 Å². The van der Waals surface area contributed by atoms with Crippen molar-refractivity contribution in [1.29, 1.82) is 0 Å². The average Bonchev–Trinajstić information content (AvgIpc) is 3.61. The molecule has 1 heterocycles. The lowest BCUT2D eigenvalue weighted by Crippen LogP contribution is -2.10. The van der Waals surface area contributed by atoms with E-state index in [1.165, 1.54) is 76.4 Å². The third-order valence-corrected chi connectivity index (χ3v) is 11.3. The van der Waals surface area contributed by atoms with Gasteiger partial charge in [-0.05, 0) is 121 Å². The Morgan fingerprint density at radius 2 is 0.857 bits per heavy atom. The van der Waals surface area contributed by atoms with Gasteiger partial charge in [-0.3, -0.25) is 0 Å². The normalized spacial score (nSPS) is 11.6. The van der Waals surface area contributed by atoms with Crippen LogP contribution in [0.5, 0.6) is 0 Å². The van der Waals surface area contributed by atoms with Crippen LogP contribution in [0, 0.1) is 0 Å². The first kappa shape index (κ1) is 32.0. The number of hydrogen-bond donors (Lipinski definition) is 0. The molecule has 0 radical (unpaired) electrons. The molecule has 0 fully saturated rings. The summed E-state index contributed by atoms with van der Waals surface area (Å²) in [6, 6.07) is 79.5. The van der Waals surface area contributed by atoms with Crippen LogP contribution in [0.25, 0.3) is 82.1 Å². The van der Waals surface area contributed by atoms with Gasteiger partial charge in [0.25, 0.3) is 0 Å². The first-order chi connectivity index (χ1) is 27.8. The molecule has 11 rings (SSSR count). The molecule has 10 aromatic carbocycles. The van der Waals surface area contributed by atoms with Crippen LogP contribution in [0.4, 0.5) is 17.1 Å². The number of aromatic nitrogens is 1. The summed E-state index contributed by atoms with van der Waals surface area (Å²) in [4.78, 5) is 2.39. The molecule has 0 spiro atoms. The second-order valence-corrected chi connectivity index (χ2v) is 14.5. The molecule has 0 N–H and O–H groups in total. The monoisotopic (exact) mass is 712 g/mol. The first-order valence-electron chi connectivity index (χ1n) is 19.3. The van der Waals surface area contributed by atoms with E-state index in [1.807, 2.05) is 0 Å². The Bertz CT molecular complexity index is 3210. The van der Waals surface area contributed by atoms with Gasteiger partial charge in [-0.15, -0.1) is 0 Å². The summed E-state index contributed by atoms with van der Waals surface area (Å²) < 4.78 is 2.37. The molecule has 2 nitrogen and oxygen atoms in total. The van der Waals surface area contributed by atoms with E-state index in [9.17, 15) is 0 Å². The number of rotatable bonds is 6. The number of benzene rings is 10. The van der Waals surface area contributed by atoms with Crippen molar-refractivity contribution in [3.05, 3.63) is 218 Å². The van der Waals surface area contributed by atoms with Gasteiger partial charge in [0.15, 0.2) is 0 Å². The predicted octanol–water partition coefficient (Wildman–Crippen LogP) is 15.0. The molecule has 1 aromatic heterocycles. The van der Waals surface area contributed by atoms with Crippen molar-refractivity contribution in [2.24, 2.45) is 0 Å². The molecule has 11 aromatic rings. The Hall–Kier alpha value is -7.42. The molecular formula is C54H36N2. The Balaban J connectivity index is 1.09. The lowest BCUT2D eigenvalue weighted by molar-refractivity contribution is 1.18. The summed E-state index contributed by atoms with van der Waals surface area (Å²) >= 11 is 0. The summed E-state index contributed by atoms with van der Waals surface area (Å²) in [5, 5.41) is 10.1. The SMILES string of the molecule is c1ccc(-c2ccc(N(c3ccc(-c4cc5ccccc5c5ccc6ccccc6c45)cc3)c3ccc4c(c3)c3ccccc3n4-c3ccccc3)cc2)cc1. The predicted molar refractivity (Wildman–Crippen MR) is 239 cm³/mol. The van der Waals surface area contributed by atoms with Gasteiger partial charge in [-0.25, -0.2) is 0 Å². The molecule has 0 saturated heterocycles. The molecule has 56 heavy (non-hydrogen) atoms. The molecule has 0 aliphatic heterocycles. The minimum absolute atomic E-state index is 1.10. The highest BCUT2D eigenvalue weighted by Crippen LogP contribution is 2.43. The molecule has 2 heteroatoms. The summed E-state index contributed by atoms with van der Waals surface area (Å²) in [5.74, 6) is 0. The molecular weight excluding hydrogens is 677 g/mol. The highest BCUT2D eigenvalue weighted by atomic mass is 15.1. The zero-order valence-electron chi connectivity index (χ0n) is 30.7. The van der Waals surface area contributed by atoms with Crippen molar-refractivity contribution < 1.29 is 0 Å². The molecule has 0 amide bonds. The van der Waals surface area contributed by atoms with Crippen LogP contribution in [-0.4, -0.2) is 4.57 Å². The lowest BCUT2D eigenvalue weighted by Gasteiger charge is -2.26. The zero-order chi connectivity index (χ0) is 37.0. The number of anilines is 3. The van der Waals surface area contributed by atoms with Crippen LogP contribution < -0.4 is 4.90 Å². The minimum Gasteiger partial charge on any atom is -0.310 e. The summed E-state index contributed by atoms with van der Waals surface area (Å²) in [6.07, 6.45) is 0. The van der Waals surface area contributed by atoms with Gasteiger partial charge >= 0.3 is 0 Å². The average molecular weight is 713 g/mol. The Labute approximate surface area is 325 Å². The topological polar surface area (TPSA) is 8.17 Å². The van der Waals surface area contributed by atoms with Crippen molar-refractivity contribution in [2.75, 3.05) is 4.90 Å². The van der Waals surface area contributed by atoms with E-state index in [0.29, 0.717) is 0 Å². The van der Waals surface area contributed by atoms with Gasteiger partial charge in [-0.2, -0.15) is 0 Å². The first-order valence-corrected chi connectivity index (χ1v) is 19.3. The highest BCUT2D eigenvalue weighted by Gasteiger charge is 2.19. The molecule has 0 bridgehead atoms. The zero-order valence-corrected chi connectivity index (χ0v) is 30.7. The number of para-hydroxylation sites is 2. The Morgan fingerprint density at radius 1 is 0.304 bits per heavy atom. The smallest absolute Gasteiger partial charge is 0.0542 e. The quantitative estimate of drug-likeness (QED) is 0.156. The Morgan fingerprint density at radius 3 is 1.61 bits per heavy atom. The minimum atomic E-state index is 1.10. The molecule has 0 saturated carbocycles. The van der Waals surface area contributed by atoms with Crippen molar-refractivity contribution in [3.63, 3.8) is 0 Å². The van der Waals surface area contributed by atoms with Crippen molar-refractivity contribution in [3.8, 4) is 27.9 Å². The molecule has 0 atom stereocenters. The molecule has 0 aliphatic carbocycles. The fourth-order valence-corrected chi connectivity index (χ4v) is 8.74. The summed E-state index contributed by atoms with van der Waals surface area (Å²) in [6.45, 7) is 0.